The van der Waals surface area contributed by atoms with Gasteiger partial charge in [0.15, 0.2) is 5.96 Å². The third-order valence-electron chi connectivity index (χ3n) is 3.99. The SMILES string of the molecule is CCNC(=NCCCn1c(C)nc2ccccc21)NC(C)CC.I. The Morgan fingerprint density at radius 3 is 2.75 bits per heavy atom. The molecule has 0 aliphatic heterocycles. The molecule has 1 heterocycles. The first-order chi connectivity index (χ1) is 11.2. The van der Waals surface area contributed by atoms with E-state index >= 15 is 0 Å². The van der Waals surface area contributed by atoms with Crippen LogP contribution >= 0.6 is 24.0 Å². The van der Waals surface area contributed by atoms with Crippen molar-refractivity contribution in [3.63, 3.8) is 0 Å². The highest BCUT2D eigenvalue weighted by molar-refractivity contribution is 14.0. The van der Waals surface area contributed by atoms with Gasteiger partial charge in [-0.3, -0.25) is 4.99 Å². The number of imidazole rings is 1. The summed E-state index contributed by atoms with van der Waals surface area (Å²) in [5.41, 5.74) is 2.28. The van der Waals surface area contributed by atoms with E-state index in [1.54, 1.807) is 0 Å². The summed E-state index contributed by atoms with van der Waals surface area (Å²) in [5, 5.41) is 6.72. The van der Waals surface area contributed by atoms with Gasteiger partial charge in [0.25, 0.3) is 0 Å². The molecule has 0 saturated heterocycles. The van der Waals surface area contributed by atoms with Crippen LogP contribution in [0, 0.1) is 6.92 Å². The Balaban J connectivity index is 0.00000288. The van der Waals surface area contributed by atoms with Crippen LogP contribution in [0.15, 0.2) is 29.3 Å². The molecule has 134 valence electrons. The third-order valence-corrected chi connectivity index (χ3v) is 3.99. The van der Waals surface area contributed by atoms with E-state index in [0.717, 1.165) is 49.8 Å². The standard InChI is InChI=1S/C18H29N5.HI/c1-5-14(3)21-18(19-6-2)20-12-9-13-23-15(4)22-16-10-7-8-11-17(16)23;/h7-8,10-11,14H,5-6,9,12-13H2,1-4H3,(H2,19,20,21);1H. The van der Waals surface area contributed by atoms with Crippen LogP contribution in [0.3, 0.4) is 0 Å². The van der Waals surface area contributed by atoms with Gasteiger partial charge in [-0.05, 0) is 45.7 Å². The van der Waals surface area contributed by atoms with Gasteiger partial charge in [0.05, 0.1) is 11.0 Å². The van der Waals surface area contributed by atoms with Crippen molar-refractivity contribution >= 4 is 41.0 Å². The Morgan fingerprint density at radius 1 is 1.29 bits per heavy atom. The predicted molar refractivity (Wildman–Crippen MR) is 113 cm³/mol. The number of nitrogens with zero attached hydrogens (tertiary/aromatic N) is 3. The van der Waals surface area contributed by atoms with Crippen molar-refractivity contribution in [1.29, 1.82) is 0 Å². The van der Waals surface area contributed by atoms with Crippen LogP contribution in [-0.2, 0) is 6.54 Å². The fraction of sp³-hybridized carbons (Fsp3) is 0.556. The Bertz CT molecular complexity index is 650. The maximum Gasteiger partial charge on any atom is 0.191 e. The third kappa shape index (κ3) is 5.65. The van der Waals surface area contributed by atoms with Crippen molar-refractivity contribution in [2.75, 3.05) is 13.1 Å². The van der Waals surface area contributed by atoms with Crippen molar-refractivity contribution in [2.24, 2.45) is 4.99 Å². The van der Waals surface area contributed by atoms with Crippen LogP contribution in [0.2, 0.25) is 0 Å². The molecule has 1 atom stereocenters. The molecular formula is C18H30IN5. The summed E-state index contributed by atoms with van der Waals surface area (Å²) in [4.78, 5) is 9.28. The van der Waals surface area contributed by atoms with E-state index in [-0.39, 0.29) is 24.0 Å². The second kappa shape index (κ2) is 10.5. The van der Waals surface area contributed by atoms with Crippen LogP contribution in [0.4, 0.5) is 0 Å². The molecule has 0 bridgehead atoms. The molecule has 0 fully saturated rings. The molecule has 0 aliphatic rings. The van der Waals surface area contributed by atoms with Gasteiger partial charge in [0, 0.05) is 25.7 Å². The topological polar surface area (TPSA) is 54.2 Å². The minimum Gasteiger partial charge on any atom is -0.357 e. The lowest BCUT2D eigenvalue weighted by Gasteiger charge is -2.16. The number of benzene rings is 1. The van der Waals surface area contributed by atoms with E-state index in [4.69, 9.17) is 0 Å². The first-order valence-corrected chi connectivity index (χ1v) is 8.62. The normalized spacial score (nSPS) is 12.8. The molecule has 1 unspecified atom stereocenters. The Morgan fingerprint density at radius 2 is 2.04 bits per heavy atom. The molecule has 6 heteroatoms. The number of hydrogen-bond acceptors (Lipinski definition) is 2. The molecule has 0 saturated carbocycles. The molecular weight excluding hydrogens is 413 g/mol. The van der Waals surface area contributed by atoms with Crippen LogP contribution < -0.4 is 10.6 Å². The number of para-hydroxylation sites is 2. The van der Waals surface area contributed by atoms with E-state index in [2.05, 4.69) is 71.1 Å². The number of aromatic nitrogens is 2. The minimum absolute atomic E-state index is 0. The smallest absolute Gasteiger partial charge is 0.191 e. The molecule has 0 spiro atoms. The van der Waals surface area contributed by atoms with Crippen molar-refractivity contribution in [1.82, 2.24) is 20.2 Å². The van der Waals surface area contributed by atoms with Crippen LogP contribution in [-0.4, -0.2) is 34.6 Å². The number of halogens is 1. The van der Waals surface area contributed by atoms with E-state index in [1.165, 1.54) is 5.52 Å². The molecule has 5 nitrogen and oxygen atoms in total. The maximum atomic E-state index is 4.67. The Kier molecular flexibility index (Phi) is 9.10. The fourth-order valence-electron chi connectivity index (χ4n) is 2.55. The zero-order chi connectivity index (χ0) is 16.7. The lowest BCUT2D eigenvalue weighted by molar-refractivity contribution is 0.616. The summed E-state index contributed by atoms with van der Waals surface area (Å²) >= 11 is 0. The van der Waals surface area contributed by atoms with Crippen molar-refractivity contribution in [3.05, 3.63) is 30.1 Å². The molecule has 1 aromatic carbocycles. The second-order valence-corrected chi connectivity index (χ2v) is 5.87. The quantitative estimate of drug-likeness (QED) is 0.297. The Hall–Kier alpha value is -1.31. The number of nitrogens with one attached hydrogen (secondary N) is 2. The zero-order valence-electron chi connectivity index (χ0n) is 15.2. The number of guanidine groups is 1. The Labute approximate surface area is 162 Å². The summed E-state index contributed by atoms with van der Waals surface area (Å²) in [5.74, 6) is 1.98. The van der Waals surface area contributed by atoms with Gasteiger partial charge in [-0.15, -0.1) is 24.0 Å². The number of aryl methyl sites for hydroxylation is 2. The minimum atomic E-state index is 0. The first kappa shape index (κ1) is 20.7. The second-order valence-electron chi connectivity index (χ2n) is 5.87. The zero-order valence-corrected chi connectivity index (χ0v) is 17.5. The molecule has 2 aromatic rings. The number of rotatable bonds is 7. The summed E-state index contributed by atoms with van der Waals surface area (Å²) in [6.07, 6.45) is 2.09. The largest absolute Gasteiger partial charge is 0.357 e. The van der Waals surface area contributed by atoms with Gasteiger partial charge in [0.2, 0.25) is 0 Å². The van der Waals surface area contributed by atoms with Crippen LogP contribution in [0.1, 0.15) is 39.4 Å². The van der Waals surface area contributed by atoms with Gasteiger partial charge in [-0.1, -0.05) is 19.1 Å². The predicted octanol–water partition coefficient (Wildman–Crippen LogP) is 3.71. The number of aliphatic imine (C=N–C) groups is 1. The van der Waals surface area contributed by atoms with Gasteiger partial charge in [0.1, 0.15) is 5.82 Å². The van der Waals surface area contributed by atoms with E-state index < -0.39 is 0 Å². The summed E-state index contributed by atoms with van der Waals surface area (Å²) < 4.78 is 2.28. The molecule has 2 rings (SSSR count). The van der Waals surface area contributed by atoms with E-state index in [1.807, 2.05) is 6.07 Å². The highest BCUT2D eigenvalue weighted by Gasteiger charge is 2.06. The summed E-state index contributed by atoms with van der Waals surface area (Å²) in [6, 6.07) is 8.74. The van der Waals surface area contributed by atoms with Crippen molar-refractivity contribution in [2.45, 2.75) is 53.1 Å². The average molecular weight is 443 g/mol. The van der Waals surface area contributed by atoms with Crippen molar-refractivity contribution in [3.8, 4) is 0 Å². The van der Waals surface area contributed by atoms with Gasteiger partial charge < -0.3 is 15.2 Å². The van der Waals surface area contributed by atoms with Crippen LogP contribution in [0.25, 0.3) is 11.0 Å². The van der Waals surface area contributed by atoms with Gasteiger partial charge in [-0.25, -0.2) is 4.98 Å². The number of hydrogen-bond donors (Lipinski definition) is 2. The number of fused-ring (bicyclic) bond motifs is 1. The highest BCUT2D eigenvalue weighted by atomic mass is 127. The lowest BCUT2D eigenvalue weighted by atomic mass is 10.3. The average Bonchev–Trinajstić information content (AvgIpc) is 2.87. The molecule has 0 amide bonds. The molecule has 2 N–H and O–H groups in total. The summed E-state index contributed by atoms with van der Waals surface area (Å²) in [7, 11) is 0. The molecule has 24 heavy (non-hydrogen) atoms. The van der Waals surface area contributed by atoms with Crippen molar-refractivity contribution < 1.29 is 0 Å². The first-order valence-electron chi connectivity index (χ1n) is 8.62. The summed E-state index contributed by atoms with van der Waals surface area (Å²) in [6.45, 7) is 11.1. The lowest BCUT2D eigenvalue weighted by Crippen LogP contribution is -2.42. The van der Waals surface area contributed by atoms with Crippen LogP contribution in [0.5, 0.6) is 0 Å². The monoisotopic (exact) mass is 443 g/mol. The van der Waals surface area contributed by atoms with E-state index in [0.29, 0.717) is 6.04 Å². The molecule has 0 radical (unpaired) electrons. The maximum absolute atomic E-state index is 4.67. The molecule has 0 aliphatic carbocycles. The molecule has 1 aromatic heterocycles. The fourth-order valence-corrected chi connectivity index (χ4v) is 2.55. The van der Waals surface area contributed by atoms with Gasteiger partial charge >= 0.3 is 0 Å². The van der Waals surface area contributed by atoms with E-state index in [9.17, 15) is 0 Å². The highest BCUT2D eigenvalue weighted by Crippen LogP contribution is 2.15. The van der Waals surface area contributed by atoms with Gasteiger partial charge in [-0.2, -0.15) is 0 Å².